The van der Waals surface area contributed by atoms with Gasteiger partial charge in [-0.1, -0.05) is 6.07 Å². The van der Waals surface area contributed by atoms with Crippen molar-refractivity contribution >= 4 is 0 Å². The van der Waals surface area contributed by atoms with Gasteiger partial charge in [-0.15, -0.1) is 0 Å². The monoisotopic (exact) mass is 265 g/mol. The Morgan fingerprint density at radius 1 is 1.37 bits per heavy atom. The van der Waals surface area contributed by atoms with Crippen molar-refractivity contribution in [3.05, 3.63) is 23.8 Å². The maximum Gasteiger partial charge on any atom is 0.161 e. The molecule has 0 heterocycles. The number of rotatable bonds is 8. The Hall–Kier alpha value is -1.26. The number of aliphatic hydroxyl groups is 1. The molecule has 0 aromatic heterocycles. The zero-order valence-electron chi connectivity index (χ0n) is 11.7. The summed E-state index contributed by atoms with van der Waals surface area (Å²) in [6, 6.07) is 5.91. The van der Waals surface area contributed by atoms with E-state index in [4.69, 9.17) is 9.47 Å². The van der Waals surface area contributed by atoms with Gasteiger partial charge < -0.3 is 19.9 Å². The number of nitrogens with one attached hydrogen (secondary N) is 1. The number of hydrogen-bond donors (Lipinski definition) is 2. The molecule has 2 rings (SSSR count). The first-order chi connectivity index (χ1) is 9.24. The molecule has 19 heavy (non-hydrogen) atoms. The summed E-state index contributed by atoms with van der Waals surface area (Å²) in [5.74, 6) is 2.04. The van der Waals surface area contributed by atoms with Gasteiger partial charge in [0.2, 0.25) is 0 Å². The second-order valence-corrected chi connectivity index (χ2v) is 4.95. The minimum Gasteiger partial charge on any atom is -0.493 e. The second kappa shape index (κ2) is 6.78. The fourth-order valence-corrected chi connectivity index (χ4v) is 2.11. The third-order valence-electron chi connectivity index (χ3n) is 3.38. The van der Waals surface area contributed by atoms with Crippen LogP contribution in [0.2, 0.25) is 0 Å². The van der Waals surface area contributed by atoms with Gasteiger partial charge in [0.15, 0.2) is 11.5 Å². The van der Waals surface area contributed by atoms with Gasteiger partial charge in [-0.05, 0) is 43.4 Å². The molecule has 1 atom stereocenters. The Kier molecular flexibility index (Phi) is 5.05. The van der Waals surface area contributed by atoms with Crippen LogP contribution in [0, 0.1) is 5.92 Å². The van der Waals surface area contributed by atoms with Crippen LogP contribution in [0.5, 0.6) is 11.5 Å². The Morgan fingerprint density at radius 3 is 2.79 bits per heavy atom. The lowest BCUT2D eigenvalue weighted by atomic mass is 10.2. The molecule has 1 aliphatic carbocycles. The molecule has 0 amide bonds. The minimum atomic E-state index is -0.204. The molecule has 1 saturated carbocycles. The fraction of sp³-hybridized carbons (Fsp3) is 0.600. The molecule has 0 aliphatic heterocycles. The first kappa shape index (κ1) is 14.2. The quantitative estimate of drug-likeness (QED) is 0.754. The van der Waals surface area contributed by atoms with Crippen LogP contribution in [0.25, 0.3) is 0 Å². The highest BCUT2D eigenvalue weighted by molar-refractivity contribution is 5.42. The SMILES string of the molecule is CCOc1cc(CNCC(O)C2CC2)ccc1OC. The van der Waals surface area contributed by atoms with E-state index in [-0.39, 0.29) is 6.10 Å². The van der Waals surface area contributed by atoms with Gasteiger partial charge in [0.25, 0.3) is 0 Å². The normalized spacial score (nSPS) is 16.2. The van der Waals surface area contributed by atoms with E-state index in [0.29, 0.717) is 19.1 Å². The number of benzene rings is 1. The largest absolute Gasteiger partial charge is 0.493 e. The lowest BCUT2D eigenvalue weighted by molar-refractivity contribution is 0.148. The third kappa shape index (κ3) is 4.11. The summed E-state index contributed by atoms with van der Waals surface area (Å²) in [6.45, 7) is 3.96. The summed E-state index contributed by atoms with van der Waals surface area (Å²) in [5.41, 5.74) is 1.13. The minimum absolute atomic E-state index is 0.204. The van der Waals surface area contributed by atoms with Crippen molar-refractivity contribution in [3.8, 4) is 11.5 Å². The molecule has 1 unspecified atom stereocenters. The second-order valence-electron chi connectivity index (χ2n) is 4.95. The lowest BCUT2D eigenvalue weighted by Crippen LogP contribution is -2.27. The van der Waals surface area contributed by atoms with Gasteiger partial charge in [-0.2, -0.15) is 0 Å². The first-order valence-electron chi connectivity index (χ1n) is 6.93. The smallest absolute Gasteiger partial charge is 0.161 e. The van der Waals surface area contributed by atoms with Crippen molar-refractivity contribution in [3.63, 3.8) is 0 Å². The molecular formula is C15H23NO3. The number of aliphatic hydroxyl groups excluding tert-OH is 1. The summed E-state index contributed by atoms with van der Waals surface area (Å²) in [5, 5.41) is 13.1. The van der Waals surface area contributed by atoms with Gasteiger partial charge in [0.1, 0.15) is 0 Å². The molecule has 1 aliphatic rings. The molecule has 0 spiro atoms. The molecule has 4 nitrogen and oxygen atoms in total. The fourth-order valence-electron chi connectivity index (χ4n) is 2.11. The van der Waals surface area contributed by atoms with Gasteiger partial charge in [0, 0.05) is 13.1 Å². The van der Waals surface area contributed by atoms with Gasteiger partial charge in [-0.3, -0.25) is 0 Å². The van der Waals surface area contributed by atoms with E-state index >= 15 is 0 Å². The van der Waals surface area contributed by atoms with Crippen LogP contribution < -0.4 is 14.8 Å². The van der Waals surface area contributed by atoms with Crippen LogP contribution in [0.15, 0.2) is 18.2 Å². The maximum absolute atomic E-state index is 9.78. The highest BCUT2D eigenvalue weighted by Gasteiger charge is 2.29. The van der Waals surface area contributed by atoms with Crippen molar-refractivity contribution in [2.24, 2.45) is 5.92 Å². The molecule has 1 fully saturated rings. The van der Waals surface area contributed by atoms with E-state index in [0.717, 1.165) is 23.6 Å². The van der Waals surface area contributed by atoms with E-state index in [9.17, 15) is 5.11 Å². The van der Waals surface area contributed by atoms with Gasteiger partial charge in [-0.25, -0.2) is 0 Å². The molecule has 4 heteroatoms. The molecule has 0 radical (unpaired) electrons. The molecule has 0 bridgehead atoms. The molecule has 1 aromatic carbocycles. The highest BCUT2D eigenvalue weighted by Crippen LogP contribution is 2.32. The van der Waals surface area contributed by atoms with Crippen molar-refractivity contribution in [2.45, 2.75) is 32.4 Å². The maximum atomic E-state index is 9.78. The van der Waals surface area contributed by atoms with Crippen LogP contribution >= 0.6 is 0 Å². The Balaban J connectivity index is 1.86. The van der Waals surface area contributed by atoms with Crippen LogP contribution in [-0.4, -0.2) is 31.5 Å². The van der Waals surface area contributed by atoms with Gasteiger partial charge in [0.05, 0.1) is 19.8 Å². The van der Waals surface area contributed by atoms with E-state index in [2.05, 4.69) is 5.32 Å². The summed E-state index contributed by atoms with van der Waals surface area (Å²) in [6.07, 6.45) is 2.13. The summed E-state index contributed by atoms with van der Waals surface area (Å²) >= 11 is 0. The van der Waals surface area contributed by atoms with Crippen LogP contribution in [0.1, 0.15) is 25.3 Å². The topological polar surface area (TPSA) is 50.7 Å². The van der Waals surface area contributed by atoms with E-state index in [1.165, 1.54) is 12.8 Å². The molecular weight excluding hydrogens is 242 g/mol. The van der Waals surface area contributed by atoms with Crippen LogP contribution in [0.4, 0.5) is 0 Å². The number of methoxy groups -OCH3 is 1. The Labute approximate surface area is 114 Å². The lowest BCUT2D eigenvalue weighted by Gasteiger charge is -2.13. The van der Waals surface area contributed by atoms with Crippen molar-refractivity contribution < 1.29 is 14.6 Å². The zero-order valence-corrected chi connectivity index (χ0v) is 11.7. The third-order valence-corrected chi connectivity index (χ3v) is 3.38. The molecule has 2 N–H and O–H groups in total. The highest BCUT2D eigenvalue weighted by atomic mass is 16.5. The summed E-state index contributed by atoms with van der Waals surface area (Å²) < 4.78 is 10.8. The number of hydrogen-bond acceptors (Lipinski definition) is 4. The molecule has 1 aromatic rings. The summed E-state index contributed by atoms with van der Waals surface area (Å²) in [7, 11) is 1.64. The predicted octanol–water partition coefficient (Wildman–Crippen LogP) is 1.95. The Morgan fingerprint density at radius 2 is 2.16 bits per heavy atom. The molecule has 106 valence electrons. The van der Waals surface area contributed by atoms with Crippen molar-refractivity contribution in [1.82, 2.24) is 5.32 Å². The van der Waals surface area contributed by atoms with E-state index in [1.807, 2.05) is 25.1 Å². The van der Waals surface area contributed by atoms with Crippen molar-refractivity contribution in [1.29, 1.82) is 0 Å². The summed E-state index contributed by atoms with van der Waals surface area (Å²) in [4.78, 5) is 0. The standard InChI is InChI=1S/C15H23NO3/c1-3-19-15-8-11(4-7-14(15)18-2)9-16-10-13(17)12-5-6-12/h4,7-8,12-13,16-17H,3,5-6,9-10H2,1-2H3. The number of ether oxygens (including phenoxy) is 2. The average Bonchev–Trinajstić information content (AvgIpc) is 3.24. The van der Waals surface area contributed by atoms with Gasteiger partial charge >= 0.3 is 0 Å². The van der Waals surface area contributed by atoms with Crippen LogP contribution in [-0.2, 0) is 6.54 Å². The van der Waals surface area contributed by atoms with Crippen molar-refractivity contribution in [2.75, 3.05) is 20.3 Å². The predicted molar refractivity (Wildman–Crippen MR) is 74.6 cm³/mol. The van der Waals surface area contributed by atoms with E-state index < -0.39 is 0 Å². The molecule has 0 saturated heterocycles. The zero-order chi connectivity index (χ0) is 13.7. The van der Waals surface area contributed by atoms with E-state index in [1.54, 1.807) is 7.11 Å². The first-order valence-corrected chi connectivity index (χ1v) is 6.93. The average molecular weight is 265 g/mol. The van der Waals surface area contributed by atoms with Crippen LogP contribution in [0.3, 0.4) is 0 Å². The Bertz CT molecular complexity index is 404.